The van der Waals surface area contributed by atoms with Crippen LogP contribution in [0.3, 0.4) is 0 Å². The zero-order valence-electron chi connectivity index (χ0n) is 12.6. The standard InChI is InChI=1S/C20H20O/c1-20(2)13-16(12-19(21)14-20)8-7-15-9-10-17-5-3-4-6-18(17)11-15/h3-12H,13-14H2,1-2H3. The number of hydrogen-bond acceptors (Lipinski definition) is 1. The molecule has 0 aromatic heterocycles. The van der Waals surface area contributed by atoms with Gasteiger partial charge in [0.15, 0.2) is 5.78 Å². The molecule has 0 heterocycles. The predicted octanol–water partition coefficient (Wildman–Crippen LogP) is 5.17. The number of ketones is 1. The molecule has 2 aromatic rings. The van der Waals surface area contributed by atoms with Crippen LogP contribution in [0.1, 0.15) is 32.3 Å². The lowest BCUT2D eigenvalue weighted by atomic mass is 9.77. The highest BCUT2D eigenvalue weighted by Crippen LogP contribution is 2.34. The first kappa shape index (κ1) is 13.8. The fraction of sp³-hybridized carbons (Fsp3) is 0.250. The number of fused-ring (bicyclic) bond motifs is 1. The van der Waals surface area contributed by atoms with Gasteiger partial charge in [-0.2, -0.15) is 0 Å². The van der Waals surface area contributed by atoms with Gasteiger partial charge in [-0.3, -0.25) is 4.79 Å². The summed E-state index contributed by atoms with van der Waals surface area (Å²) in [5, 5.41) is 2.50. The van der Waals surface area contributed by atoms with E-state index in [4.69, 9.17) is 0 Å². The molecule has 0 amide bonds. The Morgan fingerprint density at radius 3 is 2.48 bits per heavy atom. The molecule has 0 radical (unpaired) electrons. The largest absolute Gasteiger partial charge is 0.295 e. The highest BCUT2D eigenvalue weighted by molar-refractivity contribution is 5.92. The average molecular weight is 276 g/mol. The molecule has 0 fully saturated rings. The summed E-state index contributed by atoms with van der Waals surface area (Å²) in [4.78, 5) is 11.8. The summed E-state index contributed by atoms with van der Waals surface area (Å²) in [6.07, 6.45) is 7.60. The molecule has 0 aliphatic heterocycles. The van der Waals surface area contributed by atoms with Crippen molar-refractivity contribution in [3.05, 3.63) is 65.8 Å². The van der Waals surface area contributed by atoms with Gasteiger partial charge in [0, 0.05) is 6.42 Å². The summed E-state index contributed by atoms with van der Waals surface area (Å²) >= 11 is 0. The van der Waals surface area contributed by atoms with Crippen LogP contribution in [0.15, 0.2) is 60.2 Å². The van der Waals surface area contributed by atoms with Crippen LogP contribution in [0.4, 0.5) is 0 Å². The van der Waals surface area contributed by atoms with Crippen LogP contribution >= 0.6 is 0 Å². The molecule has 0 spiro atoms. The number of carbonyl (C=O) groups is 1. The van der Waals surface area contributed by atoms with Crippen LogP contribution in [0.2, 0.25) is 0 Å². The van der Waals surface area contributed by atoms with Crippen molar-refractivity contribution in [2.24, 2.45) is 5.41 Å². The second kappa shape index (κ2) is 5.33. The third kappa shape index (κ3) is 3.30. The Hall–Kier alpha value is -2.15. The molecule has 106 valence electrons. The molecule has 0 bridgehead atoms. The van der Waals surface area contributed by atoms with E-state index in [1.54, 1.807) is 6.08 Å². The van der Waals surface area contributed by atoms with Gasteiger partial charge >= 0.3 is 0 Å². The Balaban J connectivity index is 1.86. The van der Waals surface area contributed by atoms with Gasteiger partial charge in [-0.15, -0.1) is 0 Å². The van der Waals surface area contributed by atoms with Gasteiger partial charge in [0.25, 0.3) is 0 Å². The molecule has 21 heavy (non-hydrogen) atoms. The Labute approximate surface area is 126 Å². The van der Waals surface area contributed by atoms with E-state index in [1.165, 1.54) is 16.3 Å². The molecule has 3 rings (SSSR count). The first-order chi connectivity index (χ1) is 10.0. The number of benzene rings is 2. The number of rotatable bonds is 2. The van der Waals surface area contributed by atoms with Crippen molar-refractivity contribution in [1.29, 1.82) is 0 Å². The van der Waals surface area contributed by atoms with Gasteiger partial charge in [0.1, 0.15) is 0 Å². The summed E-state index contributed by atoms with van der Waals surface area (Å²) in [6.45, 7) is 4.31. The zero-order valence-corrected chi connectivity index (χ0v) is 12.6. The molecule has 1 aliphatic rings. The Kier molecular flexibility index (Phi) is 3.50. The number of allylic oxidation sites excluding steroid dienone is 3. The van der Waals surface area contributed by atoms with Crippen LogP contribution in [0, 0.1) is 5.41 Å². The minimum absolute atomic E-state index is 0.0783. The monoisotopic (exact) mass is 276 g/mol. The minimum atomic E-state index is 0.0783. The van der Waals surface area contributed by atoms with Crippen molar-refractivity contribution in [3.63, 3.8) is 0 Å². The zero-order chi connectivity index (χ0) is 14.9. The van der Waals surface area contributed by atoms with Crippen LogP contribution in [0.5, 0.6) is 0 Å². The molecule has 1 aliphatic carbocycles. The summed E-state index contributed by atoms with van der Waals surface area (Å²) in [6, 6.07) is 14.8. The predicted molar refractivity (Wildman–Crippen MR) is 89.1 cm³/mol. The molecular weight excluding hydrogens is 256 g/mol. The molecule has 1 nitrogen and oxygen atoms in total. The van der Waals surface area contributed by atoms with E-state index < -0.39 is 0 Å². The molecule has 2 aromatic carbocycles. The van der Waals surface area contributed by atoms with E-state index in [0.717, 1.165) is 12.0 Å². The maximum Gasteiger partial charge on any atom is 0.156 e. The van der Waals surface area contributed by atoms with Crippen LogP contribution in [-0.2, 0) is 4.79 Å². The average Bonchev–Trinajstić information content (AvgIpc) is 2.43. The second-order valence-electron chi connectivity index (χ2n) is 6.64. The molecular formula is C20H20O. The van der Waals surface area contributed by atoms with Crippen molar-refractivity contribution in [1.82, 2.24) is 0 Å². The van der Waals surface area contributed by atoms with E-state index >= 15 is 0 Å². The van der Waals surface area contributed by atoms with Gasteiger partial charge < -0.3 is 0 Å². The van der Waals surface area contributed by atoms with E-state index in [9.17, 15) is 4.79 Å². The van der Waals surface area contributed by atoms with Crippen LogP contribution in [0.25, 0.3) is 16.8 Å². The molecule has 0 saturated heterocycles. The highest BCUT2D eigenvalue weighted by Gasteiger charge is 2.26. The molecule has 0 unspecified atom stereocenters. The van der Waals surface area contributed by atoms with Crippen molar-refractivity contribution < 1.29 is 4.79 Å². The van der Waals surface area contributed by atoms with Gasteiger partial charge in [-0.05, 0) is 45.9 Å². The summed E-state index contributed by atoms with van der Waals surface area (Å²) in [5.74, 6) is 0.240. The third-order valence-electron chi connectivity index (χ3n) is 3.95. The van der Waals surface area contributed by atoms with Crippen LogP contribution in [-0.4, -0.2) is 5.78 Å². The Morgan fingerprint density at radius 1 is 0.952 bits per heavy atom. The molecule has 0 atom stereocenters. The normalized spacial score (nSPS) is 18.2. The lowest BCUT2D eigenvalue weighted by molar-refractivity contribution is -0.116. The van der Waals surface area contributed by atoms with E-state index in [-0.39, 0.29) is 11.2 Å². The number of hydrogen-bond donors (Lipinski definition) is 0. The van der Waals surface area contributed by atoms with Crippen molar-refractivity contribution in [3.8, 4) is 0 Å². The molecule has 0 saturated carbocycles. The lowest BCUT2D eigenvalue weighted by Gasteiger charge is -2.27. The first-order valence-corrected chi connectivity index (χ1v) is 7.42. The fourth-order valence-corrected chi connectivity index (χ4v) is 3.02. The van der Waals surface area contributed by atoms with Gasteiger partial charge in [-0.1, -0.05) is 62.4 Å². The van der Waals surface area contributed by atoms with Crippen molar-refractivity contribution in [2.75, 3.05) is 0 Å². The SMILES string of the molecule is CC1(C)CC(=O)C=C(C=Cc2ccc3ccccc3c2)C1. The van der Waals surface area contributed by atoms with Crippen molar-refractivity contribution in [2.45, 2.75) is 26.7 Å². The molecule has 0 N–H and O–H groups in total. The van der Waals surface area contributed by atoms with Crippen molar-refractivity contribution >= 4 is 22.6 Å². The topological polar surface area (TPSA) is 17.1 Å². The van der Waals surface area contributed by atoms with Gasteiger partial charge in [-0.25, -0.2) is 0 Å². The highest BCUT2D eigenvalue weighted by atomic mass is 16.1. The van der Waals surface area contributed by atoms with Gasteiger partial charge in [0.05, 0.1) is 0 Å². The minimum Gasteiger partial charge on any atom is -0.295 e. The maximum absolute atomic E-state index is 11.8. The second-order valence-corrected chi connectivity index (χ2v) is 6.64. The first-order valence-electron chi connectivity index (χ1n) is 7.42. The van der Waals surface area contributed by atoms with E-state index in [2.05, 4.69) is 68.5 Å². The lowest BCUT2D eigenvalue weighted by Crippen LogP contribution is -2.21. The van der Waals surface area contributed by atoms with Crippen LogP contribution < -0.4 is 0 Å². The maximum atomic E-state index is 11.8. The molecule has 1 heteroatoms. The van der Waals surface area contributed by atoms with Gasteiger partial charge in [0.2, 0.25) is 0 Å². The Bertz CT molecular complexity index is 747. The fourth-order valence-electron chi connectivity index (χ4n) is 3.02. The smallest absolute Gasteiger partial charge is 0.156 e. The summed E-state index contributed by atoms with van der Waals surface area (Å²) < 4.78 is 0. The third-order valence-corrected chi connectivity index (χ3v) is 3.95. The quantitative estimate of drug-likeness (QED) is 0.739. The summed E-state index contributed by atoms with van der Waals surface area (Å²) in [7, 11) is 0. The summed E-state index contributed by atoms with van der Waals surface area (Å²) in [5.41, 5.74) is 2.38. The number of carbonyl (C=O) groups excluding carboxylic acids is 1. The van der Waals surface area contributed by atoms with E-state index in [0.29, 0.717) is 6.42 Å². The van der Waals surface area contributed by atoms with E-state index in [1.807, 2.05) is 0 Å². The Morgan fingerprint density at radius 2 is 1.71 bits per heavy atom.